The summed E-state index contributed by atoms with van der Waals surface area (Å²) in [6.45, 7) is 5.32. The van der Waals surface area contributed by atoms with Crippen molar-refractivity contribution in [3.8, 4) is 0 Å². The van der Waals surface area contributed by atoms with Crippen molar-refractivity contribution >= 4 is 23.8 Å². The van der Waals surface area contributed by atoms with Crippen LogP contribution in [-0.2, 0) is 19.1 Å². The van der Waals surface area contributed by atoms with Crippen molar-refractivity contribution in [3.63, 3.8) is 0 Å². The third kappa shape index (κ3) is 2.02. The molecule has 2 bridgehead atoms. The number of nitrogens with zero attached hydrogens (tertiary/aromatic N) is 1. The van der Waals surface area contributed by atoms with Gasteiger partial charge in [0.1, 0.15) is 6.61 Å². The molecule has 142 valence electrons. The monoisotopic (exact) mass is 371 g/mol. The van der Waals surface area contributed by atoms with Crippen LogP contribution in [0.25, 0.3) is 0 Å². The fourth-order valence-electron chi connectivity index (χ4n) is 4.49. The first-order valence-corrected chi connectivity index (χ1v) is 9.02. The van der Waals surface area contributed by atoms with E-state index in [-0.39, 0.29) is 19.1 Å². The van der Waals surface area contributed by atoms with Gasteiger partial charge in [-0.3, -0.25) is 19.3 Å². The molecule has 2 aliphatic heterocycles. The molecule has 1 aromatic carbocycles. The Labute approximate surface area is 156 Å². The maximum Gasteiger partial charge on any atom is 0.351 e. The number of carbonyl (C=O) groups is 4. The number of esters is 2. The van der Waals surface area contributed by atoms with Gasteiger partial charge in [-0.05, 0) is 31.9 Å². The van der Waals surface area contributed by atoms with Gasteiger partial charge in [-0.15, -0.1) is 0 Å². The molecule has 7 nitrogen and oxygen atoms in total. The van der Waals surface area contributed by atoms with Gasteiger partial charge in [0, 0.05) is 5.41 Å². The Balaban J connectivity index is 1.44. The summed E-state index contributed by atoms with van der Waals surface area (Å²) < 4.78 is 10.9. The Morgan fingerprint density at radius 2 is 1.67 bits per heavy atom. The van der Waals surface area contributed by atoms with Crippen LogP contribution in [-0.4, -0.2) is 47.4 Å². The van der Waals surface area contributed by atoms with E-state index >= 15 is 0 Å². The molecule has 2 atom stereocenters. The van der Waals surface area contributed by atoms with Gasteiger partial charge in [-0.1, -0.05) is 26.0 Å². The molecule has 2 unspecified atom stereocenters. The van der Waals surface area contributed by atoms with E-state index in [2.05, 4.69) is 0 Å². The van der Waals surface area contributed by atoms with Crippen LogP contribution >= 0.6 is 0 Å². The molecule has 4 rings (SSSR count). The molecule has 27 heavy (non-hydrogen) atoms. The number of carbonyl (C=O) groups excluding carboxylic acids is 4. The Hall–Kier alpha value is -2.70. The van der Waals surface area contributed by atoms with Gasteiger partial charge in [0.25, 0.3) is 11.8 Å². The standard InChI is InChI=1S/C20H21NO6/c1-18(2)19(3)8-9-20(18,27-16(19)24)17(25)26-11-10-21-14(22)12-6-4-5-7-13(12)15(21)23/h4-7H,8-11H2,1-3H3. The minimum Gasteiger partial charge on any atom is -0.461 e. The smallest absolute Gasteiger partial charge is 0.351 e. The van der Waals surface area contributed by atoms with Crippen LogP contribution in [0.5, 0.6) is 0 Å². The zero-order valence-corrected chi connectivity index (χ0v) is 15.5. The molecule has 0 N–H and O–H groups in total. The highest BCUT2D eigenvalue weighted by Crippen LogP contribution is 2.65. The van der Waals surface area contributed by atoms with Gasteiger partial charge in [0.2, 0.25) is 5.60 Å². The zero-order chi connectivity index (χ0) is 19.6. The molecule has 0 aromatic heterocycles. The summed E-state index contributed by atoms with van der Waals surface area (Å²) in [5, 5.41) is 0. The summed E-state index contributed by atoms with van der Waals surface area (Å²) in [7, 11) is 0. The van der Waals surface area contributed by atoms with Crippen molar-refractivity contribution in [1.82, 2.24) is 4.90 Å². The maximum absolute atomic E-state index is 12.8. The summed E-state index contributed by atoms with van der Waals surface area (Å²) in [6.07, 6.45) is 0.973. The third-order valence-electron chi connectivity index (χ3n) is 6.84. The molecule has 1 aromatic rings. The van der Waals surface area contributed by atoms with Gasteiger partial charge in [-0.2, -0.15) is 0 Å². The Morgan fingerprint density at radius 3 is 2.15 bits per heavy atom. The third-order valence-corrected chi connectivity index (χ3v) is 6.84. The van der Waals surface area contributed by atoms with E-state index in [1.54, 1.807) is 24.3 Å². The zero-order valence-electron chi connectivity index (χ0n) is 15.5. The number of imide groups is 1. The molecule has 2 heterocycles. The van der Waals surface area contributed by atoms with Gasteiger partial charge in [0.15, 0.2) is 0 Å². The van der Waals surface area contributed by atoms with Gasteiger partial charge in [0.05, 0.1) is 23.1 Å². The highest BCUT2D eigenvalue weighted by molar-refractivity contribution is 6.21. The topological polar surface area (TPSA) is 90.0 Å². The van der Waals surface area contributed by atoms with Gasteiger partial charge < -0.3 is 9.47 Å². The van der Waals surface area contributed by atoms with Crippen LogP contribution in [0.15, 0.2) is 24.3 Å². The number of fused-ring (bicyclic) bond motifs is 3. The van der Waals surface area contributed by atoms with E-state index in [9.17, 15) is 19.2 Å². The lowest BCUT2D eigenvalue weighted by molar-refractivity contribution is -0.183. The maximum atomic E-state index is 12.8. The lowest BCUT2D eigenvalue weighted by atomic mass is 9.66. The summed E-state index contributed by atoms with van der Waals surface area (Å²) in [5.41, 5.74) is -2.01. The Morgan fingerprint density at radius 1 is 1.07 bits per heavy atom. The second-order valence-electron chi connectivity index (χ2n) is 8.12. The van der Waals surface area contributed by atoms with E-state index in [0.717, 1.165) is 4.90 Å². The Kier molecular flexibility index (Phi) is 3.54. The first-order chi connectivity index (χ1) is 12.7. The first kappa shape index (κ1) is 17.7. The van der Waals surface area contributed by atoms with Crippen LogP contribution < -0.4 is 0 Å². The lowest BCUT2D eigenvalue weighted by Crippen LogP contribution is -2.49. The molecule has 7 heteroatoms. The second kappa shape index (κ2) is 5.41. The van der Waals surface area contributed by atoms with Crippen LogP contribution in [0.2, 0.25) is 0 Å². The number of amides is 2. The van der Waals surface area contributed by atoms with E-state index in [1.165, 1.54) is 0 Å². The highest BCUT2D eigenvalue weighted by Gasteiger charge is 2.76. The van der Waals surface area contributed by atoms with Crippen molar-refractivity contribution < 1.29 is 28.7 Å². The van der Waals surface area contributed by atoms with Gasteiger partial charge in [-0.25, -0.2) is 4.79 Å². The number of benzene rings is 1. The Bertz CT molecular complexity index is 855. The number of hydrogen-bond acceptors (Lipinski definition) is 6. The van der Waals surface area contributed by atoms with E-state index in [1.807, 2.05) is 20.8 Å². The minimum absolute atomic E-state index is 0.0419. The quantitative estimate of drug-likeness (QED) is 0.594. The fraction of sp³-hybridized carbons (Fsp3) is 0.500. The molecular formula is C20H21NO6. The highest BCUT2D eigenvalue weighted by atomic mass is 16.6. The van der Waals surface area contributed by atoms with Crippen molar-refractivity contribution in [1.29, 1.82) is 0 Å². The molecule has 1 saturated heterocycles. The molecular weight excluding hydrogens is 350 g/mol. The van der Waals surface area contributed by atoms with Crippen LogP contribution in [0, 0.1) is 10.8 Å². The molecule has 3 aliphatic rings. The van der Waals surface area contributed by atoms with Crippen molar-refractivity contribution in [3.05, 3.63) is 35.4 Å². The number of hydrogen-bond donors (Lipinski definition) is 0. The van der Waals surface area contributed by atoms with Crippen molar-refractivity contribution in [2.24, 2.45) is 10.8 Å². The van der Waals surface area contributed by atoms with Crippen LogP contribution in [0.3, 0.4) is 0 Å². The van der Waals surface area contributed by atoms with Crippen LogP contribution in [0.1, 0.15) is 54.3 Å². The molecule has 1 saturated carbocycles. The first-order valence-electron chi connectivity index (χ1n) is 9.02. The SMILES string of the molecule is CC12CCC(C(=O)OCCN3C(=O)c4ccccc4C3=O)(OC1=O)C2(C)C. The minimum atomic E-state index is -1.30. The predicted octanol–water partition coefficient (Wildman–Crippen LogP) is 1.95. The predicted molar refractivity (Wildman–Crippen MR) is 92.7 cm³/mol. The molecule has 1 aliphatic carbocycles. The largest absolute Gasteiger partial charge is 0.461 e. The fourth-order valence-corrected chi connectivity index (χ4v) is 4.49. The number of ether oxygens (including phenoxy) is 2. The molecule has 2 amide bonds. The molecule has 2 fully saturated rings. The summed E-state index contributed by atoms with van der Waals surface area (Å²) in [5.74, 6) is -1.79. The lowest BCUT2D eigenvalue weighted by Gasteiger charge is -2.34. The van der Waals surface area contributed by atoms with E-state index in [0.29, 0.717) is 24.0 Å². The average molecular weight is 371 g/mol. The molecule has 0 radical (unpaired) electrons. The van der Waals surface area contributed by atoms with Crippen LogP contribution in [0.4, 0.5) is 0 Å². The van der Waals surface area contributed by atoms with E-state index < -0.39 is 34.2 Å². The number of rotatable bonds is 4. The van der Waals surface area contributed by atoms with Crippen molar-refractivity contribution in [2.45, 2.75) is 39.2 Å². The second-order valence-corrected chi connectivity index (χ2v) is 8.12. The van der Waals surface area contributed by atoms with Gasteiger partial charge >= 0.3 is 11.9 Å². The van der Waals surface area contributed by atoms with Crippen molar-refractivity contribution in [2.75, 3.05) is 13.2 Å². The summed E-state index contributed by atoms with van der Waals surface area (Å²) >= 11 is 0. The molecule has 0 spiro atoms. The normalized spacial score (nSPS) is 30.5. The summed E-state index contributed by atoms with van der Waals surface area (Å²) in [4.78, 5) is 50.8. The average Bonchev–Trinajstić information content (AvgIpc) is 3.06. The van der Waals surface area contributed by atoms with E-state index in [4.69, 9.17) is 9.47 Å². The summed E-state index contributed by atoms with van der Waals surface area (Å²) in [6, 6.07) is 6.58.